The Bertz CT molecular complexity index is 1770. The Labute approximate surface area is 274 Å². The zero-order chi connectivity index (χ0) is 29.9. The molecule has 0 N–H and O–H groups in total. The molecule has 1 radical (unpaired) electrons. The predicted molar refractivity (Wildman–Crippen MR) is 180 cm³/mol. The number of rotatable bonds is 3. The molecule has 0 saturated heterocycles. The van der Waals surface area contributed by atoms with Gasteiger partial charge in [-0.1, -0.05) is 77.9 Å². The molecule has 0 bridgehead atoms. The number of aryl methyl sites for hydroxylation is 1. The van der Waals surface area contributed by atoms with Crippen molar-refractivity contribution >= 4 is 21.4 Å². The van der Waals surface area contributed by atoms with Crippen molar-refractivity contribution in [1.82, 2.24) is 9.97 Å². The number of pyridine rings is 2. The van der Waals surface area contributed by atoms with Crippen LogP contribution in [0.1, 0.15) is 58.4 Å². The van der Waals surface area contributed by atoms with Crippen LogP contribution in [0.25, 0.3) is 43.0 Å². The minimum atomic E-state index is 0. The summed E-state index contributed by atoms with van der Waals surface area (Å²) in [6.45, 7) is 15.4. The number of thiophene rings is 1. The van der Waals surface area contributed by atoms with Gasteiger partial charge in [0.15, 0.2) is 0 Å². The Kier molecular flexibility index (Phi) is 10.2. The second kappa shape index (κ2) is 13.5. The average molecular weight is 759 g/mol. The van der Waals surface area contributed by atoms with Crippen LogP contribution in [0.5, 0.6) is 0 Å². The van der Waals surface area contributed by atoms with Crippen molar-refractivity contribution in [3.05, 3.63) is 132 Å². The molecule has 4 heteroatoms. The largest absolute Gasteiger partial charge is 0.304 e. The van der Waals surface area contributed by atoms with E-state index in [1.54, 1.807) is 0 Å². The van der Waals surface area contributed by atoms with E-state index >= 15 is 0 Å². The normalized spacial score (nSPS) is 11.4. The molecule has 0 aliphatic heterocycles. The SMILES string of the molecule is CC(C)(C)c1c[c-]c(-c2nccc3sc(-c4ccc(C(C)(C)C)cc4)cc23)cc1.Cc1cccc(-c2[c-]cccc2)n1.[Ir]. The standard InChI is InChI=1S/C27H28NS.C12H10N.Ir/c1-26(2,3)20-11-7-18(8-12-20)24-17-22-23(29-24)15-16-28-25(22)19-9-13-21(14-10-19)27(4,5)6;1-10-6-5-9-12(13-10)11-7-3-2-4-8-11;/h7-9,11-17H,1-6H3;2-7,9H,1H3;/q2*-1;. The van der Waals surface area contributed by atoms with Crippen LogP contribution < -0.4 is 0 Å². The molecule has 0 unspecified atom stereocenters. The van der Waals surface area contributed by atoms with Crippen LogP contribution in [0, 0.1) is 19.1 Å². The first kappa shape index (κ1) is 32.5. The number of hydrogen-bond acceptors (Lipinski definition) is 3. The Balaban J connectivity index is 0.000000253. The van der Waals surface area contributed by atoms with Gasteiger partial charge in [0.25, 0.3) is 0 Å². The minimum Gasteiger partial charge on any atom is -0.304 e. The molecule has 0 aliphatic carbocycles. The third-order valence-electron chi connectivity index (χ3n) is 7.29. The molecule has 221 valence electrons. The molecule has 0 spiro atoms. The topological polar surface area (TPSA) is 25.8 Å². The Morgan fingerprint density at radius 1 is 0.698 bits per heavy atom. The van der Waals surface area contributed by atoms with Crippen LogP contribution in [0.3, 0.4) is 0 Å². The summed E-state index contributed by atoms with van der Waals surface area (Å²) in [6, 6.07) is 40.3. The van der Waals surface area contributed by atoms with Gasteiger partial charge in [-0.05, 0) is 63.9 Å². The van der Waals surface area contributed by atoms with Crippen LogP contribution in [-0.4, -0.2) is 9.97 Å². The summed E-state index contributed by atoms with van der Waals surface area (Å²) in [7, 11) is 0. The fourth-order valence-electron chi connectivity index (χ4n) is 4.74. The summed E-state index contributed by atoms with van der Waals surface area (Å²) in [5.41, 5.74) is 9.34. The Hall–Kier alpha value is -3.43. The molecular weight excluding hydrogens is 721 g/mol. The van der Waals surface area contributed by atoms with Crippen molar-refractivity contribution in [3.8, 4) is 33.0 Å². The van der Waals surface area contributed by atoms with Crippen molar-refractivity contribution < 1.29 is 20.1 Å². The van der Waals surface area contributed by atoms with Gasteiger partial charge in [0.2, 0.25) is 0 Å². The zero-order valence-electron chi connectivity index (χ0n) is 26.0. The van der Waals surface area contributed by atoms with Gasteiger partial charge >= 0.3 is 0 Å². The summed E-state index contributed by atoms with van der Waals surface area (Å²) < 4.78 is 1.26. The van der Waals surface area contributed by atoms with Crippen molar-refractivity contribution in [2.24, 2.45) is 0 Å². The van der Waals surface area contributed by atoms with Gasteiger partial charge in [0, 0.05) is 41.6 Å². The summed E-state index contributed by atoms with van der Waals surface area (Å²) in [4.78, 5) is 10.4. The first-order valence-corrected chi connectivity index (χ1v) is 15.2. The number of hydrogen-bond donors (Lipinski definition) is 0. The van der Waals surface area contributed by atoms with Crippen LogP contribution in [0.15, 0.2) is 103 Å². The van der Waals surface area contributed by atoms with Gasteiger partial charge in [-0.2, -0.15) is 0 Å². The van der Waals surface area contributed by atoms with Gasteiger partial charge in [0.1, 0.15) is 0 Å². The van der Waals surface area contributed by atoms with E-state index in [0.717, 1.165) is 28.2 Å². The Morgan fingerprint density at radius 3 is 2.02 bits per heavy atom. The second-order valence-electron chi connectivity index (χ2n) is 12.7. The fourth-order valence-corrected chi connectivity index (χ4v) is 5.80. The van der Waals surface area contributed by atoms with Gasteiger partial charge < -0.3 is 9.97 Å². The number of nitrogens with zero attached hydrogens (tertiary/aromatic N) is 2. The third-order valence-corrected chi connectivity index (χ3v) is 8.44. The molecular formula is C39H38IrN2S-2. The van der Waals surface area contributed by atoms with Crippen molar-refractivity contribution in [2.45, 2.75) is 59.3 Å². The molecule has 6 aromatic rings. The van der Waals surface area contributed by atoms with Crippen LogP contribution in [0.4, 0.5) is 0 Å². The third kappa shape index (κ3) is 7.95. The number of fused-ring (bicyclic) bond motifs is 1. The summed E-state index contributed by atoms with van der Waals surface area (Å²) in [5, 5.41) is 1.20. The van der Waals surface area contributed by atoms with Crippen molar-refractivity contribution in [1.29, 1.82) is 0 Å². The van der Waals surface area contributed by atoms with Gasteiger partial charge in [-0.25, -0.2) is 0 Å². The Morgan fingerprint density at radius 2 is 1.42 bits per heavy atom. The molecule has 43 heavy (non-hydrogen) atoms. The summed E-state index contributed by atoms with van der Waals surface area (Å²) in [6.07, 6.45) is 1.91. The second-order valence-corrected chi connectivity index (χ2v) is 13.8. The molecule has 0 fully saturated rings. The van der Waals surface area contributed by atoms with E-state index in [9.17, 15) is 0 Å². The first-order chi connectivity index (χ1) is 20.0. The molecule has 0 amide bonds. The average Bonchev–Trinajstić information content (AvgIpc) is 3.42. The molecule has 3 heterocycles. The molecule has 3 aromatic heterocycles. The zero-order valence-corrected chi connectivity index (χ0v) is 29.2. The summed E-state index contributed by atoms with van der Waals surface area (Å²) in [5.74, 6) is 0. The molecule has 0 aliphatic rings. The van der Waals surface area contributed by atoms with E-state index in [2.05, 4.69) is 113 Å². The van der Waals surface area contributed by atoms with E-state index in [0.29, 0.717) is 0 Å². The van der Waals surface area contributed by atoms with Crippen LogP contribution >= 0.6 is 11.3 Å². The van der Waals surface area contributed by atoms with Crippen LogP contribution in [0.2, 0.25) is 0 Å². The first-order valence-electron chi connectivity index (χ1n) is 14.4. The van der Waals surface area contributed by atoms with E-state index in [4.69, 9.17) is 4.98 Å². The predicted octanol–water partition coefficient (Wildman–Crippen LogP) is 10.9. The monoisotopic (exact) mass is 759 g/mol. The van der Waals surface area contributed by atoms with Gasteiger partial charge in [-0.15, -0.1) is 82.6 Å². The van der Waals surface area contributed by atoms with E-state index in [1.165, 1.54) is 31.7 Å². The van der Waals surface area contributed by atoms with Crippen molar-refractivity contribution in [2.75, 3.05) is 0 Å². The number of aromatic nitrogens is 2. The van der Waals surface area contributed by atoms with Gasteiger partial charge in [-0.3, -0.25) is 0 Å². The maximum absolute atomic E-state index is 4.70. The molecule has 2 nitrogen and oxygen atoms in total. The van der Waals surface area contributed by atoms with E-state index < -0.39 is 0 Å². The van der Waals surface area contributed by atoms with Gasteiger partial charge in [0.05, 0.1) is 0 Å². The molecule has 3 aromatic carbocycles. The number of benzene rings is 3. The minimum absolute atomic E-state index is 0. The smallest absolute Gasteiger partial charge is 0.0347 e. The molecule has 6 rings (SSSR count). The van der Waals surface area contributed by atoms with E-state index in [1.807, 2.05) is 66.9 Å². The molecule has 0 saturated carbocycles. The molecule has 0 atom stereocenters. The fraction of sp³-hybridized carbons (Fsp3) is 0.231. The summed E-state index contributed by atoms with van der Waals surface area (Å²) >= 11 is 1.83. The van der Waals surface area contributed by atoms with Crippen LogP contribution in [-0.2, 0) is 30.9 Å². The maximum Gasteiger partial charge on any atom is 0.0347 e. The van der Waals surface area contributed by atoms with Crippen molar-refractivity contribution in [3.63, 3.8) is 0 Å². The van der Waals surface area contributed by atoms with E-state index in [-0.39, 0.29) is 30.9 Å². The quantitative estimate of drug-likeness (QED) is 0.168. The maximum atomic E-state index is 4.70.